The summed E-state index contributed by atoms with van der Waals surface area (Å²) >= 11 is 0. The van der Waals surface area contributed by atoms with Gasteiger partial charge in [-0.15, -0.1) is 0 Å². The van der Waals surface area contributed by atoms with Crippen LogP contribution in [0.3, 0.4) is 0 Å². The molecular formula is C16H20O2. The Hall–Kier alpha value is -1.54. The Morgan fingerprint density at radius 2 is 1.94 bits per heavy atom. The molecule has 0 spiro atoms. The lowest BCUT2D eigenvalue weighted by atomic mass is 9.95. The molecule has 1 N–H and O–H groups in total. The fraction of sp³-hybridized carbons (Fsp3) is 0.375. The molecule has 0 fully saturated rings. The van der Waals surface area contributed by atoms with Crippen molar-refractivity contribution < 1.29 is 9.84 Å². The van der Waals surface area contributed by atoms with Gasteiger partial charge in [-0.1, -0.05) is 38.1 Å². The smallest absolute Gasteiger partial charge is 0.119 e. The van der Waals surface area contributed by atoms with E-state index < -0.39 is 0 Å². The highest BCUT2D eigenvalue weighted by Crippen LogP contribution is 2.25. The fourth-order valence-corrected chi connectivity index (χ4v) is 2.08. The van der Waals surface area contributed by atoms with Crippen LogP contribution in [0.2, 0.25) is 0 Å². The van der Waals surface area contributed by atoms with Gasteiger partial charge in [0.25, 0.3) is 0 Å². The molecule has 0 saturated heterocycles. The van der Waals surface area contributed by atoms with Crippen molar-refractivity contribution in [2.24, 2.45) is 5.92 Å². The zero-order valence-electron chi connectivity index (χ0n) is 11.2. The molecular weight excluding hydrogens is 224 g/mol. The molecule has 96 valence electrons. The molecule has 2 aromatic carbocycles. The third-order valence-corrected chi connectivity index (χ3v) is 3.38. The second-order valence-corrected chi connectivity index (χ2v) is 5.02. The van der Waals surface area contributed by atoms with E-state index in [2.05, 4.69) is 18.2 Å². The van der Waals surface area contributed by atoms with Crippen LogP contribution in [-0.2, 0) is 6.42 Å². The highest BCUT2D eigenvalue weighted by molar-refractivity contribution is 5.87. The SMILES string of the molecule is COc1ccc2cccc(CC(O)C(C)C)c2c1. The maximum Gasteiger partial charge on any atom is 0.119 e. The molecule has 0 saturated carbocycles. The van der Waals surface area contributed by atoms with Gasteiger partial charge in [0.2, 0.25) is 0 Å². The summed E-state index contributed by atoms with van der Waals surface area (Å²) in [5.74, 6) is 1.12. The first kappa shape index (κ1) is 12.9. The lowest BCUT2D eigenvalue weighted by Gasteiger charge is -2.16. The standard InChI is InChI=1S/C16H20O2/c1-11(2)16(17)9-13-6-4-5-12-7-8-14(18-3)10-15(12)13/h4-8,10-11,16-17H,9H2,1-3H3. The lowest BCUT2D eigenvalue weighted by molar-refractivity contribution is 0.126. The Morgan fingerprint density at radius 1 is 1.17 bits per heavy atom. The molecule has 2 nitrogen and oxygen atoms in total. The fourth-order valence-electron chi connectivity index (χ4n) is 2.08. The van der Waals surface area contributed by atoms with Crippen LogP contribution in [0.1, 0.15) is 19.4 Å². The predicted molar refractivity (Wildman–Crippen MR) is 75.0 cm³/mol. The number of hydrogen-bond acceptors (Lipinski definition) is 2. The van der Waals surface area contributed by atoms with E-state index >= 15 is 0 Å². The number of hydrogen-bond donors (Lipinski definition) is 1. The second-order valence-electron chi connectivity index (χ2n) is 5.02. The zero-order chi connectivity index (χ0) is 13.1. The molecule has 2 rings (SSSR count). The minimum atomic E-state index is -0.304. The van der Waals surface area contributed by atoms with Gasteiger partial charge in [-0.05, 0) is 40.8 Å². The van der Waals surface area contributed by atoms with Crippen LogP contribution in [-0.4, -0.2) is 18.3 Å². The summed E-state index contributed by atoms with van der Waals surface area (Å²) in [6, 6.07) is 12.3. The molecule has 0 aliphatic rings. The number of aliphatic hydroxyl groups excluding tert-OH is 1. The minimum Gasteiger partial charge on any atom is -0.497 e. The topological polar surface area (TPSA) is 29.5 Å². The van der Waals surface area contributed by atoms with E-state index in [4.69, 9.17) is 4.74 Å². The van der Waals surface area contributed by atoms with Crippen LogP contribution < -0.4 is 4.74 Å². The molecule has 0 aromatic heterocycles. The molecule has 0 aliphatic heterocycles. The van der Waals surface area contributed by atoms with Crippen molar-refractivity contribution >= 4 is 10.8 Å². The number of aliphatic hydroxyl groups is 1. The van der Waals surface area contributed by atoms with Gasteiger partial charge in [-0.3, -0.25) is 0 Å². The van der Waals surface area contributed by atoms with Crippen LogP contribution in [0.5, 0.6) is 5.75 Å². The summed E-state index contributed by atoms with van der Waals surface area (Å²) in [4.78, 5) is 0. The maximum absolute atomic E-state index is 10.0. The molecule has 0 bridgehead atoms. The van der Waals surface area contributed by atoms with Gasteiger partial charge >= 0.3 is 0 Å². The van der Waals surface area contributed by atoms with Crippen molar-refractivity contribution in [2.45, 2.75) is 26.4 Å². The molecule has 1 atom stereocenters. The van der Waals surface area contributed by atoms with E-state index in [0.717, 1.165) is 11.1 Å². The van der Waals surface area contributed by atoms with Gasteiger partial charge in [0.05, 0.1) is 13.2 Å². The van der Waals surface area contributed by atoms with Crippen molar-refractivity contribution in [3.8, 4) is 5.75 Å². The summed E-state index contributed by atoms with van der Waals surface area (Å²) in [5.41, 5.74) is 1.17. The molecule has 0 amide bonds. The Morgan fingerprint density at radius 3 is 2.61 bits per heavy atom. The van der Waals surface area contributed by atoms with Gasteiger partial charge in [-0.25, -0.2) is 0 Å². The highest BCUT2D eigenvalue weighted by Gasteiger charge is 2.12. The lowest BCUT2D eigenvalue weighted by Crippen LogP contribution is -2.17. The molecule has 18 heavy (non-hydrogen) atoms. The van der Waals surface area contributed by atoms with E-state index in [-0.39, 0.29) is 12.0 Å². The van der Waals surface area contributed by atoms with E-state index in [1.54, 1.807) is 7.11 Å². The average Bonchev–Trinajstić information content (AvgIpc) is 2.38. The summed E-state index contributed by atoms with van der Waals surface area (Å²) < 4.78 is 5.27. The third kappa shape index (κ3) is 2.65. The largest absolute Gasteiger partial charge is 0.497 e. The third-order valence-electron chi connectivity index (χ3n) is 3.38. The number of ether oxygens (including phenoxy) is 1. The molecule has 2 heteroatoms. The highest BCUT2D eigenvalue weighted by atomic mass is 16.5. The Bertz CT molecular complexity index is 532. The monoisotopic (exact) mass is 244 g/mol. The minimum absolute atomic E-state index is 0.269. The summed E-state index contributed by atoms with van der Waals surface area (Å²) in [6.07, 6.45) is 0.379. The van der Waals surface area contributed by atoms with E-state index in [0.29, 0.717) is 6.42 Å². The number of fused-ring (bicyclic) bond motifs is 1. The van der Waals surface area contributed by atoms with Crippen molar-refractivity contribution in [3.63, 3.8) is 0 Å². The first-order valence-electron chi connectivity index (χ1n) is 6.35. The van der Waals surface area contributed by atoms with Gasteiger partial charge in [0.1, 0.15) is 5.75 Å². The second kappa shape index (κ2) is 5.40. The number of rotatable bonds is 4. The van der Waals surface area contributed by atoms with Gasteiger partial charge in [0.15, 0.2) is 0 Å². The van der Waals surface area contributed by atoms with Crippen LogP contribution in [0, 0.1) is 5.92 Å². The van der Waals surface area contributed by atoms with Gasteiger partial charge in [0, 0.05) is 0 Å². The first-order valence-corrected chi connectivity index (χ1v) is 6.35. The predicted octanol–water partition coefficient (Wildman–Crippen LogP) is 3.41. The quantitative estimate of drug-likeness (QED) is 0.893. The Kier molecular flexibility index (Phi) is 3.87. The van der Waals surface area contributed by atoms with Gasteiger partial charge in [-0.2, -0.15) is 0 Å². The van der Waals surface area contributed by atoms with Crippen LogP contribution >= 0.6 is 0 Å². The molecule has 0 radical (unpaired) electrons. The first-order chi connectivity index (χ1) is 8.61. The zero-order valence-corrected chi connectivity index (χ0v) is 11.2. The van der Waals surface area contributed by atoms with E-state index in [1.807, 2.05) is 32.0 Å². The van der Waals surface area contributed by atoms with E-state index in [1.165, 1.54) is 10.9 Å². The number of methoxy groups -OCH3 is 1. The van der Waals surface area contributed by atoms with Crippen molar-refractivity contribution in [1.29, 1.82) is 0 Å². The van der Waals surface area contributed by atoms with Crippen LogP contribution in [0.15, 0.2) is 36.4 Å². The molecule has 0 aliphatic carbocycles. The molecule has 0 heterocycles. The Labute approximate surface area is 108 Å². The molecule has 2 aromatic rings. The average molecular weight is 244 g/mol. The normalized spacial score (nSPS) is 12.9. The van der Waals surface area contributed by atoms with Crippen molar-refractivity contribution in [1.82, 2.24) is 0 Å². The van der Waals surface area contributed by atoms with Crippen LogP contribution in [0.4, 0.5) is 0 Å². The maximum atomic E-state index is 10.0. The number of benzene rings is 2. The summed E-state index contributed by atoms with van der Waals surface area (Å²) in [6.45, 7) is 4.08. The van der Waals surface area contributed by atoms with Crippen molar-refractivity contribution in [2.75, 3.05) is 7.11 Å². The van der Waals surface area contributed by atoms with Gasteiger partial charge < -0.3 is 9.84 Å². The summed E-state index contributed by atoms with van der Waals surface area (Å²) in [5, 5.41) is 12.4. The molecule has 1 unspecified atom stereocenters. The van der Waals surface area contributed by atoms with Crippen LogP contribution in [0.25, 0.3) is 10.8 Å². The summed E-state index contributed by atoms with van der Waals surface area (Å²) in [7, 11) is 1.67. The van der Waals surface area contributed by atoms with E-state index in [9.17, 15) is 5.11 Å². The Balaban J connectivity index is 2.43. The van der Waals surface area contributed by atoms with Crippen molar-refractivity contribution in [3.05, 3.63) is 42.0 Å².